The molecule has 78 valence electrons. The largest absolute Gasteiger partial charge is 0.360 e. The monoisotopic (exact) mass is 226 g/mol. The van der Waals surface area contributed by atoms with Gasteiger partial charge in [0.15, 0.2) is 0 Å². The van der Waals surface area contributed by atoms with Gasteiger partial charge in [0.05, 0.1) is 0 Å². The molecule has 1 atom stereocenters. The lowest BCUT2D eigenvalue weighted by atomic mass is 10.1. The molecule has 4 nitrogen and oxygen atoms in total. The number of hydrogen-bond donors (Lipinski definition) is 1. The molecule has 0 amide bonds. The van der Waals surface area contributed by atoms with Crippen LogP contribution < -0.4 is 0 Å². The Bertz CT molecular complexity index is 211. The summed E-state index contributed by atoms with van der Waals surface area (Å²) < 4.78 is 12.5. The van der Waals surface area contributed by atoms with Gasteiger partial charge in [-0.25, -0.2) is 4.67 Å². The highest BCUT2D eigenvalue weighted by Crippen LogP contribution is 2.51. The quantitative estimate of drug-likeness (QED) is 0.722. The molecule has 0 spiro atoms. The van der Waals surface area contributed by atoms with Gasteiger partial charge in [0, 0.05) is 19.1 Å². The fourth-order valence-corrected chi connectivity index (χ4v) is 2.79. The van der Waals surface area contributed by atoms with Gasteiger partial charge in [-0.05, 0) is 38.2 Å². The predicted molar refractivity (Wildman–Crippen MR) is 54.0 cm³/mol. The Labute approximate surface area is 83.8 Å². The molecule has 1 aliphatic heterocycles. The van der Waals surface area contributed by atoms with E-state index in [0.29, 0.717) is 19.1 Å². The number of halogens is 1. The Hall–Kier alpha value is 0.400. The van der Waals surface area contributed by atoms with Crippen LogP contribution in [0.5, 0.6) is 0 Å². The topological polar surface area (TPSA) is 43.8 Å². The highest BCUT2D eigenvalue weighted by atomic mass is 35.7. The third-order valence-corrected chi connectivity index (χ3v) is 4.26. The normalized spacial score (nSPS) is 26.2. The lowest BCUT2D eigenvalue weighted by Gasteiger charge is -2.34. The Balaban J connectivity index is 2.44. The maximum atomic E-state index is 11.1. The molecule has 1 aliphatic rings. The van der Waals surface area contributed by atoms with Crippen molar-refractivity contribution < 1.29 is 9.46 Å². The minimum atomic E-state index is -3.51. The first kappa shape index (κ1) is 11.5. The van der Waals surface area contributed by atoms with E-state index in [0.717, 1.165) is 12.8 Å². The molecule has 1 saturated heterocycles. The zero-order valence-corrected chi connectivity index (χ0v) is 9.63. The van der Waals surface area contributed by atoms with Gasteiger partial charge in [0.25, 0.3) is 0 Å². The van der Waals surface area contributed by atoms with Crippen molar-refractivity contribution in [2.75, 3.05) is 27.2 Å². The standard InChI is InChI=1S/C7H16ClN2O2P/c1-9(2)7-3-5-10(6-4-7)13(8,11)12/h7H,3-6H2,1-2H3,(H,11,12). The maximum absolute atomic E-state index is 11.1. The molecule has 0 aromatic rings. The molecular weight excluding hydrogens is 211 g/mol. The van der Waals surface area contributed by atoms with Crippen LogP contribution >= 0.6 is 18.1 Å². The second-order valence-electron chi connectivity index (χ2n) is 3.62. The van der Waals surface area contributed by atoms with Crippen molar-refractivity contribution in [1.29, 1.82) is 0 Å². The maximum Gasteiger partial charge on any atom is 0.360 e. The fourth-order valence-electron chi connectivity index (χ4n) is 1.62. The van der Waals surface area contributed by atoms with Gasteiger partial charge in [-0.15, -0.1) is 0 Å². The highest BCUT2D eigenvalue weighted by Gasteiger charge is 2.30. The van der Waals surface area contributed by atoms with Crippen LogP contribution in [0.1, 0.15) is 12.8 Å². The van der Waals surface area contributed by atoms with Crippen molar-refractivity contribution in [2.45, 2.75) is 18.9 Å². The van der Waals surface area contributed by atoms with Crippen LogP contribution in [-0.4, -0.2) is 47.7 Å². The van der Waals surface area contributed by atoms with Crippen LogP contribution in [0, 0.1) is 0 Å². The number of nitrogens with zero attached hydrogens (tertiary/aromatic N) is 2. The summed E-state index contributed by atoms with van der Waals surface area (Å²) in [5.41, 5.74) is 0. The van der Waals surface area contributed by atoms with E-state index in [1.807, 2.05) is 14.1 Å². The minimum absolute atomic E-state index is 0.513. The molecule has 1 fully saturated rings. The van der Waals surface area contributed by atoms with E-state index in [-0.39, 0.29) is 0 Å². The summed E-state index contributed by atoms with van der Waals surface area (Å²) in [6.45, 7) is -2.29. The first-order valence-electron chi connectivity index (χ1n) is 4.35. The van der Waals surface area contributed by atoms with Crippen LogP contribution in [0.4, 0.5) is 0 Å². The zero-order chi connectivity index (χ0) is 10.1. The summed E-state index contributed by atoms with van der Waals surface area (Å²) in [6.07, 6.45) is 1.81. The third kappa shape index (κ3) is 3.22. The first-order valence-corrected chi connectivity index (χ1v) is 6.87. The molecule has 1 heterocycles. The third-order valence-electron chi connectivity index (χ3n) is 2.52. The zero-order valence-electron chi connectivity index (χ0n) is 7.98. The number of rotatable bonds is 2. The Morgan fingerprint density at radius 2 is 1.92 bits per heavy atom. The van der Waals surface area contributed by atoms with E-state index >= 15 is 0 Å². The molecule has 0 saturated carbocycles. The van der Waals surface area contributed by atoms with E-state index in [1.54, 1.807) is 0 Å². The molecule has 1 unspecified atom stereocenters. The van der Waals surface area contributed by atoms with Crippen molar-refractivity contribution >= 4 is 18.1 Å². The van der Waals surface area contributed by atoms with E-state index in [2.05, 4.69) is 4.90 Å². The van der Waals surface area contributed by atoms with Gasteiger partial charge in [-0.2, -0.15) is 0 Å². The minimum Gasteiger partial charge on any atom is -0.322 e. The SMILES string of the molecule is CN(C)C1CCN(P(=O)(O)Cl)CC1. The number of hydrogen-bond acceptors (Lipinski definition) is 2. The molecule has 0 radical (unpaired) electrons. The van der Waals surface area contributed by atoms with Crippen molar-refractivity contribution in [2.24, 2.45) is 0 Å². The van der Waals surface area contributed by atoms with Crippen LogP contribution in [0.15, 0.2) is 0 Å². The summed E-state index contributed by atoms with van der Waals surface area (Å²) in [5.74, 6) is 0. The van der Waals surface area contributed by atoms with E-state index in [9.17, 15) is 4.57 Å². The smallest absolute Gasteiger partial charge is 0.322 e. The van der Waals surface area contributed by atoms with E-state index in [4.69, 9.17) is 16.1 Å². The summed E-state index contributed by atoms with van der Waals surface area (Å²) in [4.78, 5) is 11.2. The average molecular weight is 227 g/mol. The molecule has 0 aromatic carbocycles. The van der Waals surface area contributed by atoms with Crippen molar-refractivity contribution in [1.82, 2.24) is 9.57 Å². The molecule has 6 heteroatoms. The van der Waals surface area contributed by atoms with Gasteiger partial charge in [-0.1, -0.05) is 0 Å². The molecular formula is C7H16ClN2O2P. The molecule has 0 bridgehead atoms. The van der Waals surface area contributed by atoms with E-state index in [1.165, 1.54) is 4.67 Å². The van der Waals surface area contributed by atoms with Crippen LogP contribution in [0.2, 0.25) is 0 Å². The highest BCUT2D eigenvalue weighted by molar-refractivity contribution is 7.82. The molecule has 0 aliphatic carbocycles. The molecule has 13 heavy (non-hydrogen) atoms. The van der Waals surface area contributed by atoms with Crippen LogP contribution in [-0.2, 0) is 4.57 Å². The molecule has 0 aromatic heterocycles. The number of piperidine rings is 1. The summed E-state index contributed by atoms with van der Waals surface area (Å²) in [5, 5.41) is 0. The van der Waals surface area contributed by atoms with Crippen LogP contribution in [0.3, 0.4) is 0 Å². The van der Waals surface area contributed by atoms with Crippen LogP contribution in [0.25, 0.3) is 0 Å². The lowest BCUT2D eigenvalue weighted by Crippen LogP contribution is -2.39. The van der Waals surface area contributed by atoms with Gasteiger partial charge in [-0.3, -0.25) is 4.57 Å². The summed E-state index contributed by atoms with van der Waals surface area (Å²) >= 11 is 5.36. The lowest BCUT2D eigenvalue weighted by molar-refractivity contribution is 0.189. The fraction of sp³-hybridized carbons (Fsp3) is 1.00. The second-order valence-corrected chi connectivity index (χ2v) is 6.45. The Morgan fingerprint density at radius 1 is 1.46 bits per heavy atom. The Kier molecular flexibility index (Phi) is 3.78. The summed E-state index contributed by atoms with van der Waals surface area (Å²) in [6, 6.07) is 0.513. The first-order chi connectivity index (χ1) is 5.91. The van der Waals surface area contributed by atoms with Gasteiger partial charge in [0.2, 0.25) is 0 Å². The molecule has 1 rings (SSSR count). The van der Waals surface area contributed by atoms with Gasteiger partial charge < -0.3 is 9.79 Å². The Morgan fingerprint density at radius 3 is 2.23 bits per heavy atom. The van der Waals surface area contributed by atoms with Crippen molar-refractivity contribution in [3.8, 4) is 0 Å². The van der Waals surface area contributed by atoms with Crippen molar-refractivity contribution in [3.05, 3.63) is 0 Å². The van der Waals surface area contributed by atoms with Gasteiger partial charge >= 0.3 is 6.87 Å². The van der Waals surface area contributed by atoms with Crippen molar-refractivity contribution in [3.63, 3.8) is 0 Å². The second kappa shape index (κ2) is 4.28. The predicted octanol–water partition coefficient (Wildman–Crippen LogP) is 1.35. The van der Waals surface area contributed by atoms with E-state index < -0.39 is 6.87 Å². The van der Waals surface area contributed by atoms with Gasteiger partial charge in [0.1, 0.15) is 0 Å². The average Bonchev–Trinajstić information content (AvgIpc) is 2.03. The molecule has 1 N–H and O–H groups in total. The summed E-state index contributed by atoms with van der Waals surface area (Å²) in [7, 11) is 4.05.